The Balaban J connectivity index is 1.94. The molecular weight excluding hydrogens is 348 g/mol. The van der Waals surface area contributed by atoms with Crippen molar-refractivity contribution >= 4 is 33.5 Å². The van der Waals surface area contributed by atoms with E-state index in [-0.39, 0.29) is 6.04 Å². The molecule has 0 aliphatic carbocycles. The minimum absolute atomic E-state index is 0.279. The van der Waals surface area contributed by atoms with Crippen LogP contribution in [0.25, 0.3) is 0 Å². The first-order valence-corrected chi connectivity index (χ1v) is 8.36. The second-order valence-electron chi connectivity index (χ2n) is 4.83. The number of benzene rings is 1. The van der Waals surface area contributed by atoms with Gasteiger partial charge in [0.25, 0.3) is 0 Å². The summed E-state index contributed by atoms with van der Waals surface area (Å²) in [6, 6.07) is 12.3. The lowest BCUT2D eigenvalue weighted by Gasteiger charge is -2.33. The van der Waals surface area contributed by atoms with Crippen molar-refractivity contribution in [2.75, 3.05) is 17.7 Å². The standard InChI is InChI=1S/C15H13BrN4S/c1-20(15-5-3-11(9-17)18-19-15)13-6-7-21-14-4-2-10(16)8-12(13)14/h2-5,8,13H,6-7H2,1H3. The Hall–Kier alpha value is -1.58. The van der Waals surface area contributed by atoms with Gasteiger partial charge in [-0.2, -0.15) is 5.26 Å². The normalized spacial score (nSPS) is 16.9. The van der Waals surface area contributed by atoms with Crippen molar-refractivity contribution in [1.82, 2.24) is 10.2 Å². The number of rotatable bonds is 2. The monoisotopic (exact) mass is 360 g/mol. The molecule has 2 aromatic rings. The summed E-state index contributed by atoms with van der Waals surface area (Å²) in [5, 5.41) is 16.9. The molecule has 1 aliphatic heterocycles. The van der Waals surface area contributed by atoms with Crippen molar-refractivity contribution in [3.63, 3.8) is 0 Å². The lowest BCUT2D eigenvalue weighted by molar-refractivity contribution is 0.623. The molecule has 106 valence electrons. The van der Waals surface area contributed by atoms with Crippen LogP contribution in [0, 0.1) is 11.3 Å². The topological polar surface area (TPSA) is 52.8 Å². The maximum atomic E-state index is 8.80. The quantitative estimate of drug-likeness (QED) is 0.815. The fourth-order valence-electron chi connectivity index (χ4n) is 2.48. The van der Waals surface area contributed by atoms with Gasteiger partial charge in [-0.3, -0.25) is 0 Å². The van der Waals surface area contributed by atoms with Gasteiger partial charge < -0.3 is 4.90 Å². The lowest BCUT2D eigenvalue weighted by atomic mass is 10.0. The Kier molecular flexibility index (Phi) is 4.13. The molecule has 1 aromatic carbocycles. The number of hydrogen-bond donors (Lipinski definition) is 0. The van der Waals surface area contributed by atoms with Gasteiger partial charge in [0.2, 0.25) is 0 Å². The zero-order chi connectivity index (χ0) is 14.8. The fourth-order valence-corrected chi connectivity index (χ4v) is 3.95. The van der Waals surface area contributed by atoms with Crippen LogP contribution in [0.4, 0.5) is 5.82 Å². The van der Waals surface area contributed by atoms with E-state index < -0.39 is 0 Å². The molecule has 4 nitrogen and oxygen atoms in total. The van der Waals surface area contributed by atoms with Gasteiger partial charge in [0.1, 0.15) is 6.07 Å². The Bertz CT molecular complexity index is 696. The molecule has 1 aliphatic rings. The molecule has 0 amide bonds. The number of hydrogen-bond acceptors (Lipinski definition) is 5. The zero-order valence-electron chi connectivity index (χ0n) is 11.5. The van der Waals surface area contributed by atoms with Crippen LogP contribution in [0.1, 0.15) is 23.7 Å². The van der Waals surface area contributed by atoms with Gasteiger partial charge in [0.15, 0.2) is 11.5 Å². The summed E-state index contributed by atoms with van der Waals surface area (Å²) in [5.41, 5.74) is 1.66. The van der Waals surface area contributed by atoms with Gasteiger partial charge in [0.05, 0.1) is 6.04 Å². The van der Waals surface area contributed by atoms with E-state index in [1.165, 1.54) is 10.5 Å². The second-order valence-corrected chi connectivity index (χ2v) is 6.89. The summed E-state index contributed by atoms with van der Waals surface area (Å²) in [6.07, 6.45) is 1.06. The van der Waals surface area contributed by atoms with Crippen molar-refractivity contribution in [3.05, 3.63) is 46.1 Å². The fraction of sp³-hybridized carbons (Fsp3) is 0.267. The molecule has 0 saturated carbocycles. The highest BCUT2D eigenvalue weighted by Crippen LogP contribution is 2.41. The van der Waals surface area contributed by atoms with Crippen LogP contribution < -0.4 is 4.90 Å². The van der Waals surface area contributed by atoms with Crippen molar-refractivity contribution in [2.45, 2.75) is 17.4 Å². The van der Waals surface area contributed by atoms with E-state index in [2.05, 4.69) is 49.2 Å². The van der Waals surface area contributed by atoms with Gasteiger partial charge in [-0.25, -0.2) is 0 Å². The number of thioether (sulfide) groups is 1. The molecule has 1 unspecified atom stereocenters. The predicted molar refractivity (Wildman–Crippen MR) is 87.4 cm³/mol. The Morgan fingerprint density at radius 1 is 1.33 bits per heavy atom. The Morgan fingerprint density at radius 3 is 2.90 bits per heavy atom. The van der Waals surface area contributed by atoms with Gasteiger partial charge >= 0.3 is 0 Å². The third-order valence-corrected chi connectivity index (χ3v) is 5.19. The van der Waals surface area contributed by atoms with Crippen LogP contribution in [0.3, 0.4) is 0 Å². The molecule has 0 bridgehead atoms. The highest BCUT2D eigenvalue weighted by Gasteiger charge is 2.25. The summed E-state index contributed by atoms with van der Waals surface area (Å²) in [4.78, 5) is 3.46. The molecule has 0 N–H and O–H groups in total. The molecule has 1 aromatic heterocycles. The van der Waals surface area contributed by atoms with Crippen LogP contribution in [0.2, 0.25) is 0 Å². The van der Waals surface area contributed by atoms with Crippen LogP contribution in [0.5, 0.6) is 0 Å². The summed E-state index contributed by atoms with van der Waals surface area (Å²) >= 11 is 5.44. The predicted octanol–water partition coefficient (Wildman–Crippen LogP) is 3.78. The number of nitrogens with zero attached hydrogens (tertiary/aromatic N) is 4. The third-order valence-electron chi connectivity index (χ3n) is 3.57. The summed E-state index contributed by atoms with van der Waals surface area (Å²) in [5.74, 6) is 1.88. The number of fused-ring (bicyclic) bond motifs is 1. The molecular formula is C15H13BrN4S. The van der Waals surface area contributed by atoms with Crippen molar-refractivity contribution in [3.8, 4) is 6.07 Å². The number of anilines is 1. The molecule has 1 atom stereocenters. The summed E-state index contributed by atoms with van der Waals surface area (Å²) < 4.78 is 1.09. The number of aromatic nitrogens is 2. The average molecular weight is 361 g/mol. The maximum absolute atomic E-state index is 8.80. The largest absolute Gasteiger partial charge is 0.351 e. The van der Waals surface area contributed by atoms with Gasteiger partial charge in [-0.15, -0.1) is 22.0 Å². The van der Waals surface area contributed by atoms with E-state index in [4.69, 9.17) is 5.26 Å². The SMILES string of the molecule is CN(c1ccc(C#N)nn1)C1CCSc2ccc(Br)cc21. The highest BCUT2D eigenvalue weighted by molar-refractivity contribution is 9.10. The first kappa shape index (κ1) is 14.4. The average Bonchev–Trinajstić information content (AvgIpc) is 2.53. The van der Waals surface area contributed by atoms with Crippen LogP contribution in [0.15, 0.2) is 39.7 Å². The molecule has 0 saturated heterocycles. The van der Waals surface area contributed by atoms with Crippen molar-refractivity contribution in [1.29, 1.82) is 5.26 Å². The molecule has 21 heavy (non-hydrogen) atoms. The highest BCUT2D eigenvalue weighted by atomic mass is 79.9. The van der Waals surface area contributed by atoms with Gasteiger partial charge in [-0.1, -0.05) is 15.9 Å². The van der Waals surface area contributed by atoms with Crippen molar-refractivity contribution in [2.24, 2.45) is 0 Å². The molecule has 6 heteroatoms. The van der Waals surface area contributed by atoms with E-state index in [1.807, 2.05) is 30.9 Å². The van der Waals surface area contributed by atoms with Crippen LogP contribution >= 0.6 is 27.7 Å². The Morgan fingerprint density at radius 2 is 2.19 bits per heavy atom. The summed E-state index contributed by atoms with van der Waals surface area (Å²) in [7, 11) is 2.03. The minimum atomic E-state index is 0.279. The zero-order valence-corrected chi connectivity index (χ0v) is 13.9. The maximum Gasteiger partial charge on any atom is 0.163 e. The van der Waals surface area contributed by atoms with E-state index in [1.54, 1.807) is 6.07 Å². The third kappa shape index (κ3) is 2.89. The number of halogens is 1. The van der Waals surface area contributed by atoms with E-state index in [0.717, 1.165) is 22.5 Å². The minimum Gasteiger partial charge on any atom is -0.351 e. The van der Waals surface area contributed by atoms with Crippen molar-refractivity contribution < 1.29 is 0 Å². The second kappa shape index (κ2) is 6.04. The van der Waals surface area contributed by atoms with E-state index >= 15 is 0 Å². The van der Waals surface area contributed by atoms with Crippen LogP contribution in [-0.2, 0) is 0 Å². The molecule has 0 radical (unpaired) electrons. The molecule has 3 rings (SSSR count). The lowest BCUT2D eigenvalue weighted by Crippen LogP contribution is -2.28. The number of nitriles is 1. The van der Waals surface area contributed by atoms with Crippen LogP contribution in [-0.4, -0.2) is 23.0 Å². The Labute approximate surface area is 136 Å². The smallest absolute Gasteiger partial charge is 0.163 e. The molecule has 0 fully saturated rings. The summed E-state index contributed by atoms with van der Waals surface area (Å²) in [6.45, 7) is 0. The van der Waals surface area contributed by atoms with Gasteiger partial charge in [-0.05, 0) is 42.3 Å². The first-order valence-electron chi connectivity index (χ1n) is 6.58. The first-order chi connectivity index (χ1) is 10.2. The molecule has 0 spiro atoms. The van der Waals surface area contributed by atoms with Gasteiger partial charge in [0, 0.05) is 22.2 Å². The molecule has 2 heterocycles. The van der Waals surface area contributed by atoms with E-state index in [0.29, 0.717) is 5.69 Å². The van der Waals surface area contributed by atoms with E-state index in [9.17, 15) is 0 Å².